The molecule has 7 heteroatoms. The quantitative estimate of drug-likeness (QED) is 0.672. The van der Waals surface area contributed by atoms with Crippen molar-refractivity contribution in [1.29, 1.82) is 0 Å². The number of hydrogen-bond donors (Lipinski definition) is 1. The summed E-state index contributed by atoms with van der Waals surface area (Å²) < 4.78 is 0.994. The highest BCUT2D eigenvalue weighted by atomic mass is 79.9. The summed E-state index contributed by atoms with van der Waals surface area (Å²) in [6, 6.07) is 8.31. The number of benzene rings is 1. The van der Waals surface area contributed by atoms with E-state index in [1.54, 1.807) is 13.0 Å². The van der Waals surface area contributed by atoms with E-state index >= 15 is 0 Å². The molecule has 0 radical (unpaired) electrons. The number of amides is 1. The number of carbonyl (C=O) groups is 1. The summed E-state index contributed by atoms with van der Waals surface area (Å²) in [7, 11) is 0. The number of nitrogens with zero attached hydrogens (tertiary/aromatic N) is 1. The van der Waals surface area contributed by atoms with Gasteiger partial charge < -0.3 is 5.32 Å². The minimum Gasteiger partial charge on any atom is -0.347 e. The first-order valence-corrected chi connectivity index (χ1v) is 7.36. The summed E-state index contributed by atoms with van der Waals surface area (Å²) in [5, 5.41) is 13.6. The number of halogens is 1. The Bertz CT molecular complexity index is 669. The first kappa shape index (κ1) is 14.7. The molecule has 0 atom stereocenters. The number of hydrogen-bond acceptors (Lipinski definition) is 4. The lowest BCUT2D eigenvalue weighted by Gasteiger charge is -2.07. The van der Waals surface area contributed by atoms with Crippen LogP contribution in [0.25, 0.3) is 0 Å². The summed E-state index contributed by atoms with van der Waals surface area (Å²) in [4.78, 5) is 23.5. The fraction of sp³-hybridized carbons (Fsp3) is 0.154. The van der Waals surface area contributed by atoms with Crippen molar-refractivity contribution >= 4 is 38.9 Å². The molecule has 2 aromatic rings. The first-order chi connectivity index (χ1) is 9.49. The number of nitrogens with one attached hydrogen (secondary N) is 1. The summed E-state index contributed by atoms with van der Waals surface area (Å²) >= 11 is 4.88. The van der Waals surface area contributed by atoms with Gasteiger partial charge in [-0.2, -0.15) is 0 Å². The zero-order valence-electron chi connectivity index (χ0n) is 10.6. The van der Waals surface area contributed by atoms with E-state index in [1.807, 2.05) is 12.1 Å². The van der Waals surface area contributed by atoms with E-state index in [-0.39, 0.29) is 11.6 Å². The van der Waals surface area contributed by atoms with Crippen LogP contribution in [0.3, 0.4) is 0 Å². The van der Waals surface area contributed by atoms with Crippen molar-refractivity contribution in [1.82, 2.24) is 5.32 Å². The van der Waals surface area contributed by atoms with Crippen molar-refractivity contribution in [2.75, 3.05) is 0 Å². The Morgan fingerprint density at radius 3 is 2.75 bits per heavy atom. The third-order valence-corrected chi connectivity index (χ3v) is 4.42. The Morgan fingerprint density at radius 1 is 1.40 bits per heavy atom. The molecule has 0 unspecified atom stereocenters. The van der Waals surface area contributed by atoms with Crippen LogP contribution in [0.4, 0.5) is 5.69 Å². The summed E-state index contributed by atoms with van der Waals surface area (Å²) in [6.07, 6.45) is 0. The number of rotatable bonds is 4. The van der Waals surface area contributed by atoms with Crippen LogP contribution in [-0.4, -0.2) is 10.8 Å². The lowest BCUT2D eigenvalue weighted by molar-refractivity contribution is -0.385. The van der Waals surface area contributed by atoms with Gasteiger partial charge in [0.1, 0.15) is 0 Å². The largest absolute Gasteiger partial charge is 0.347 e. The minimum absolute atomic E-state index is 0.0449. The molecule has 5 nitrogen and oxygen atoms in total. The van der Waals surface area contributed by atoms with Gasteiger partial charge in [-0.3, -0.25) is 14.9 Å². The van der Waals surface area contributed by atoms with Gasteiger partial charge in [0.2, 0.25) is 0 Å². The highest BCUT2D eigenvalue weighted by Gasteiger charge is 2.17. The number of thiophene rings is 1. The maximum atomic E-state index is 12.1. The van der Waals surface area contributed by atoms with Crippen molar-refractivity contribution in [3.63, 3.8) is 0 Å². The van der Waals surface area contributed by atoms with E-state index < -0.39 is 4.92 Å². The SMILES string of the molecule is Cc1c(C(=O)NCc2ccc(Br)s2)cccc1[N+](=O)[O-]. The molecule has 20 heavy (non-hydrogen) atoms. The van der Waals surface area contributed by atoms with Gasteiger partial charge >= 0.3 is 0 Å². The zero-order valence-corrected chi connectivity index (χ0v) is 13.0. The molecule has 1 aromatic heterocycles. The molecule has 2 rings (SSSR count). The average molecular weight is 355 g/mol. The predicted molar refractivity (Wildman–Crippen MR) is 81.0 cm³/mol. The normalized spacial score (nSPS) is 10.3. The van der Waals surface area contributed by atoms with Gasteiger partial charge in [0.15, 0.2) is 0 Å². The first-order valence-electron chi connectivity index (χ1n) is 5.75. The topological polar surface area (TPSA) is 72.2 Å². The van der Waals surface area contributed by atoms with Crippen LogP contribution >= 0.6 is 27.3 Å². The van der Waals surface area contributed by atoms with Crippen LogP contribution in [0.1, 0.15) is 20.8 Å². The summed E-state index contributed by atoms with van der Waals surface area (Å²) in [6.45, 7) is 1.98. The minimum atomic E-state index is -0.484. The van der Waals surface area contributed by atoms with E-state index in [9.17, 15) is 14.9 Å². The van der Waals surface area contributed by atoms with Crippen molar-refractivity contribution in [2.24, 2.45) is 0 Å². The van der Waals surface area contributed by atoms with E-state index in [4.69, 9.17) is 0 Å². The van der Waals surface area contributed by atoms with Gasteiger partial charge in [0.05, 0.1) is 15.3 Å². The Hall–Kier alpha value is -1.73. The van der Waals surface area contributed by atoms with Gasteiger partial charge in [0.25, 0.3) is 11.6 Å². The molecule has 1 amide bonds. The standard InChI is InChI=1S/C13H11BrN2O3S/c1-8-10(3-2-4-11(8)16(18)19)13(17)15-7-9-5-6-12(14)20-9/h2-6H,7H2,1H3,(H,15,17). The predicted octanol–water partition coefficient (Wildman–Crippen LogP) is 3.66. The van der Waals surface area contributed by atoms with Crippen molar-refractivity contribution in [3.8, 4) is 0 Å². The molecule has 0 saturated heterocycles. The van der Waals surface area contributed by atoms with Crippen LogP contribution in [0.5, 0.6) is 0 Å². The second-order valence-electron chi connectivity index (χ2n) is 4.10. The van der Waals surface area contributed by atoms with E-state index in [0.717, 1.165) is 8.66 Å². The van der Waals surface area contributed by atoms with Crippen molar-refractivity contribution in [3.05, 3.63) is 60.2 Å². The maximum Gasteiger partial charge on any atom is 0.273 e. The van der Waals surface area contributed by atoms with Crippen LogP contribution in [0.15, 0.2) is 34.1 Å². The molecule has 0 aliphatic rings. The molecular formula is C13H11BrN2O3S. The lowest BCUT2D eigenvalue weighted by atomic mass is 10.1. The van der Waals surface area contributed by atoms with Crippen LogP contribution in [-0.2, 0) is 6.54 Å². The molecule has 0 saturated carbocycles. The Labute approximate surface area is 127 Å². The molecule has 1 heterocycles. The third kappa shape index (κ3) is 3.23. The molecule has 0 spiro atoms. The van der Waals surface area contributed by atoms with E-state index in [2.05, 4.69) is 21.2 Å². The molecule has 0 bridgehead atoms. The highest BCUT2D eigenvalue weighted by molar-refractivity contribution is 9.11. The number of nitro groups is 1. The Morgan fingerprint density at radius 2 is 2.15 bits per heavy atom. The van der Waals surface area contributed by atoms with Crippen LogP contribution < -0.4 is 5.32 Å². The van der Waals surface area contributed by atoms with Crippen molar-refractivity contribution in [2.45, 2.75) is 13.5 Å². The molecule has 0 aliphatic carbocycles. The van der Waals surface area contributed by atoms with Gasteiger partial charge in [-0.25, -0.2) is 0 Å². The van der Waals surface area contributed by atoms with Gasteiger partial charge in [-0.05, 0) is 41.1 Å². The second kappa shape index (κ2) is 6.15. The fourth-order valence-corrected chi connectivity index (χ4v) is 3.20. The van der Waals surface area contributed by atoms with Gasteiger partial charge in [-0.15, -0.1) is 11.3 Å². The fourth-order valence-electron chi connectivity index (χ4n) is 1.78. The summed E-state index contributed by atoms with van der Waals surface area (Å²) in [5.41, 5.74) is 0.661. The molecule has 104 valence electrons. The monoisotopic (exact) mass is 354 g/mol. The zero-order chi connectivity index (χ0) is 14.7. The van der Waals surface area contributed by atoms with E-state index in [0.29, 0.717) is 17.7 Å². The van der Waals surface area contributed by atoms with Crippen molar-refractivity contribution < 1.29 is 9.72 Å². The maximum absolute atomic E-state index is 12.1. The summed E-state index contributed by atoms with van der Waals surface area (Å²) in [5.74, 6) is -0.310. The van der Waals surface area contributed by atoms with Crippen LogP contribution in [0.2, 0.25) is 0 Å². The lowest BCUT2D eigenvalue weighted by Crippen LogP contribution is -2.23. The Kier molecular flexibility index (Phi) is 4.51. The second-order valence-corrected chi connectivity index (χ2v) is 6.64. The molecule has 0 aliphatic heterocycles. The smallest absolute Gasteiger partial charge is 0.273 e. The average Bonchev–Trinajstić information content (AvgIpc) is 2.81. The van der Waals surface area contributed by atoms with Gasteiger partial charge in [-0.1, -0.05) is 6.07 Å². The molecular weight excluding hydrogens is 344 g/mol. The van der Waals surface area contributed by atoms with Crippen LogP contribution in [0, 0.1) is 17.0 Å². The van der Waals surface area contributed by atoms with Gasteiger partial charge in [0, 0.05) is 22.1 Å². The Balaban J connectivity index is 2.13. The molecule has 0 fully saturated rings. The van der Waals surface area contributed by atoms with E-state index in [1.165, 1.54) is 23.5 Å². The highest BCUT2D eigenvalue weighted by Crippen LogP contribution is 2.23. The number of carbonyl (C=O) groups excluding carboxylic acids is 1. The third-order valence-electron chi connectivity index (χ3n) is 2.80. The molecule has 1 aromatic carbocycles. The molecule has 1 N–H and O–H groups in total. The number of nitro benzene ring substituents is 1.